The molecule has 3 fully saturated rings. The maximum atomic E-state index is 15.5. The maximum Gasteiger partial charge on any atom is 0.325 e. The summed E-state index contributed by atoms with van der Waals surface area (Å²) in [6, 6.07) is 0. The SMILES string of the molecule is Nc1nc2c(ncn2[C@@H]2O[C@H](CO)[C@H](F)[C@H]2OP(O)(=S)OC2[C@H]3O[C@@H](n4cnc5c(=O)[nH]cnc54)[C@@H](F)[C@@]23O)c(=O)[nH]1. The minimum absolute atomic E-state index is 0.00865. The normalized spacial score (nSPS) is 35.5. The summed E-state index contributed by atoms with van der Waals surface area (Å²) in [4.78, 5) is 55.4. The van der Waals surface area contributed by atoms with E-state index in [0.717, 1.165) is 28.1 Å². The van der Waals surface area contributed by atoms with Gasteiger partial charge in [-0.1, -0.05) is 0 Å². The van der Waals surface area contributed by atoms with Gasteiger partial charge in [0.25, 0.3) is 11.1 Å². The zero-order valence-corrected chi connectivity index (χ0v) is 22.4. The molecule has 4 aromatic heterocycles. The van der Waals surface area contributed by atoms with E-state index in [9.17, 15) is 24.7 Å². The highest BCUT2D eigenvalue weighted by Crippen LogP contribution is 2.63. The van der Waals surface area contributed by atoms with Crippen LogP contribution in [0.4, 0.5) is 14.7 Å². The monoisotopic (exact) mass is 631 g/mol. The molecule has 0 spiro atoms. The van der Waals surface area contributed by atoms with Crippen molar-refractivity contribution >= 4 is 46.8 Å². The largest absolute Gasteiger partial charge is 0.394 e. The lowest BCUT2D eigenvalue weighted by atomic mass is 10.1. The molecule has 4 aromatic rings. The van der Waals surface area contributed by atoms with E-state index in [0.29, 0.717) is 0 Å². The molecule has 0 radical (unpaired) electrons. The van der Waals surface area contributed by atoms with Gasteiger partial charge < -0.3 is 35.3 Å². The number of aromatic nitrogens is 8. The van der Waals surface area contributed by atoms with Gasteiger partial charge in [0.05, 0.1) is 25.6 Å². The van der Waals surface area contributed by atoms with Crippen LogP contribution in [0.3, 0.4) is 0 Å². The summed E-state index contributed by atoms with van der Waals surface area (Å²) in [7, 11) is 0. The third-order valence-corrected chi connectivity index (χ3v) is 8.89. The molecule has 2 saturated heterocycles. The fraction of sp³-hybridized carbons (Fsp3) is 0.500. The zero-order valence-electron chi connectivity index (χ0n) is 20.7. The van der Waals surface area contributed by atoms with Gasteiger partial charge in [-0.15, -0.1) is 0 Å². The first kappa shape index (κ1) is 27.6. The predicted octanol–water partition coefficient (Wildman–Crippen LogP) is -1.97. The number of aromatic amines is 2. The van der Waals surface area contributed by atoms with E-state index in [4.69, 9.17) is 36.1 Å². The first-order valence-electron chi connectivity index (χ1n) is 12.2. The Bertz CT molecular complexity index is 1890. The number of hydrogen-bond acceptors (Lipinski definition) is 14. The summed E-state index contributed by atoms with van der Waals surface area (Å²) >= 11 is 5.07. The lowest BCUT2D eigenvalue weighted by molar-refractivity contribution is -0.0649. The molecule has 0 amide bonds. The van der Waals surface area contributed by atoms with Crippen LogP contribution in [-0.2, 0) is 30.3 Å². The Kier molecular flexibility index (Phi) is 6.14. The number of halogens is 2. The maximum absolute atomic E-state index is 15.5. The molecule has 7 N–H and O–H groups in total. The number of nitrogen functional groups attached to an aromatic ring is 1. The van der Waals surface area contributed by atoms with Crippen molar-refractivity contribution in [1.82, 2.24) is 39.0 Å². The summed E-state index contributed by atoms with van der Waals surface area (Å²) < 4.78 is 55.1. The number of rotatable bonds is 7. The van der Waals surface area contributed by atoms with Crippen LogP contribution in [0.1, 0.15) is 12.5 Å². The Morgan fingerprint density at radius 1 is 1.10 bits per heavy atom. The molecular formula is C20H20F2N9O9PS. The summed E-state index contributed by atoms with van der Waals surface area (Å²) in [5.41, 5.74) is 1.76. The van der Waals surface area contributed by atoms with E-state index in [-0.39, 0.29) is 28.3 Å². The van der Waals surface area contributed by atoms with Crippen LogP contribution in [-0.4, -0.2) is 103 Å². The van der Waals surface area contributed by atoms with Crippen LogP contribution in [0.25, 0.3) is 22.3 Å². The first-order valence-corrected chi connectivity index (χ1v) is 14.8. The van der Waals surface area contributed by atoms with Gasteiger partial charge in [0.15, 0.2) is 52.7 Å². The lowest BCUT2D eigenvalue weighted by Gasteiger charge is -2.27. The number of aliphatic hydroxyl groups is 2. The van der Waals surface area contributed by atoms with Crippen LogP contribution < -0.4 is 16.9 Å². The van der Waals surface area contributed by atoms with E-state index in [1.807, 2.05) is 0 Å². The van der Waals surface area contributed by atoms with Crippen LogP contribution >= 0.6 is 6.72 Å². The number of aliphatic hydroxyl groups excluding tert-OH is 1. The molecule has 2 aliphatic heterocycles. The molecule has 3 aliphatic rings. The van der Waals surface area contributed by atoms with Crippen LogP contribution in [0.5, 0.6) is 0 Å². The van der Waals surface area contributed by atoms with Crippen molar-refractivity contribution in [3.05, 3.63) is 39.7 Å². The third-order valence-electron chi connectivity index (χ3n) is 7.37. The zero-order chi connectivity index (χ0) is 29.7. The molecule has 1 saturated carbocycles. The second kappa shape index (κ2) is 9.36. The van der Waals surface area contributed by atoms with E-state index >= 15 is 8.78 Å². The summed E-state index contributed by atoms with van der Waals surface area (Å²) in [6.45, 7) is -5.26. The van der Waals surface area contributed by atoms with Crippen molar-refractivity contribution in [2.75, 3.05) is 12.3 Å². The highest BCUT2D eigenvalue weighted by atomic mass is 32.5. The number of nitrogens with zero attached hydrogens (tertiary/aromatic N) is 6. The van der Waals surface area contributed by atoms with E-state index in [2.05, 4.69) is 29.9 Å². The second-order valence-corrected chi connectivity index (χ2v) is 12.6. The standard InChI is InChI=1S/C20H20F2N9O9PS/c21-6-5(1-32)37-17(31-4-27-8-14(31)28-19(23)29-16(8)34)9(6)39-41(36,42)40-12-11-20(12,35)10(22)18(38-11)30-3-26-7-13(30)24-2-25-15(7)33/h2-6,9-12,17-18,32,35H,1H2,(H,36,42)(H,24,25,33)(H3,23,28,29,34)/t5-,6+,9-,10-,11-,12?,17-,18-,20+,41?/m1/s1. The third kappa shape index (κ3) is 3.97. The minimum atomic E-state index is -4.48. The number of nitrogens with two attached hydrogens (primary N) is 1. The molecular weight excluding hydrogens is 611 g/mol. The van der Waals surface area contributed by atoms with Gasteiger partial charge in [-0.3, -0.25) is 32.8 Å². The van der Waals surface area contributed by atoms with Crippen molar-refractivity contribution in [2.24, 2.45) is 0 Å². The van der Waals surface area contributed by atoms with Gasteiger partial charge in [-0.05, 0) is 11.8 Å². The van der Waals surface area contributed by atoms with Crippen molar-refractivity contribution in [3.63, 3.8) is 0 Å². The molecule has 6 heterocycles. The van der Waals surface area contributed by atoms with E-state index in [1.165, 1.54) is 0 Å². The number of fused-ring (bicyclic) bond motifs is 3. The Labute approximate surface area is 235 Å². The van der Waals surface area contributed by atoms with Crippen molar-refractivity contribution < 1.29 is 42.4 Å². The minimum Gasteiger partial charge on any atom is -0.394 e. The Hall–Kier alpha value is -3.27. The number of imidazole rings is 2. The van der Waals surface area contributed by atoms with Gasteiger partial charge in [0.1, 0.15) is 24.4 Å². The average Bonchev–Trinajstić information content (AvgIpc) is 3.45. The fourth-order valence-corrected chi connectivity index (χ4v) is 7.02. The molecule has 0 bridgehead atoms. The molecule has 0 aromatic carbocycles. The van der Waals surface area contributed by atoms with Crippen molar-refractivity contribution in [1.29, 1.82) is 0 Å². The van der Waals surface area contributed by atoms with Gasteiger partial charge in [-0.25, -0.2) is 23.7 Å². The number of alkyl halides is 2. The molecule has 224 valence electrons. The summed E-state index contributed by atoms with van der Waals surface area (Å²) in [5, 5.41) is 20.6. The average molecular weight is 631 g/mol. The van der Waals surface area contributed by atoms with Crippen molar-refractivity contribution in [3.8, 4) is 0 Å². The van der Waals surface area contributed by atoms with Crippen LogP contribution in [0.2, 0.25) is 0 Å². The molecule has 1 aliphatic carbocycles. The molecule has 18 nitrogen and oxygen atoms in total. The van der Waals surface area contributed by atoms with E-state index in [1.54, 1.807) is 0 Å². The lowest BCUT2D eigenvalue weighted by Crippen LogP contribution is -2.35. The number of hydrogen-bond donors (Lipinski definition) is 6. The van der Waals surface area contributed by atoms with Gasteiger partial charge in [-0.2, -0.15) is 4.98 Å². The topological polar surface area (TPSA) is 251 Å². The molecule has 42 heavy (non-hydrogen) atoms. The van der Waals surface area contributed by atoms with Gasteiger partial charge in [0, 0.05) is 0 Å². The Morgan fingerprint density at radius 2 is 1.79 bits per heavy atom. The summed E-state index contributed by atoms with van der Waals surface area (Å²) in [6.07, 6.45) is -9.81. The fourth-order valence-electron chi connectivity index (χ4n) is 5.30. The second-order valence-electron chi connectivity index (χ2n) is 9.82. The number of H-pyrrole nitrogens is 2. The molecule has 2 unspecified atom stereocenters. The van der Waals surface area contributed by atoms with Gasteiger partial charge in [0.2, 0.25) is 5.95 Å². The Morgan fingerprint density at radius 3 is 2.45 bits per heavy atom. The van der Waals surface area contributed by atoms with Gasteiger partial charge >= 0.3 is 6.72 Å². The number of nitrogens with one attached hydrogen (secondary N) is 2. The van der Waals surface area contributed by atoms with Crippen molar-refractivity contribution in [2.45, 2.75) is 54.8 Å². The van der Waals surface area contributed by atoms with E-state index < -0.39 is 79.3 Å². The highest BCUT2D eigenvalue weighted by Gasteiger charge is 2.80. The van der Waals surface area contributed by atoms with Crippen LogP contribution in [0, 0.1) is 0 Å². The predicted molar refractivity (Wildman–Crippen MR) is 137 cm³/mol. The smallest absolute Gasteiger partial charge is 0.325 e. The Balaban J connectivity index is 1.11. The highest BCUT2D eigenvalue weighted by molar-refractivity contribution is 8.07. The molecule has 22 heteroatoms. The first-order chi connectivity index (χ1) is 19.9. The summed E-state index contributed by atoms with van der Waals surface area (Å²) in [5.74, 6) is -0.269. The van der Waals surface area contributed by atoms with Crippen LogP contribution in [0.15, 0.2) is 28.6 Å². The quantitative estimate of drug-likeness (QED) is 0.121. The molecule has 10 atom stereocenters. The molecule has 7 rings (SSSR count). The number of anilines is 1. The number of ether oxygens (including phenoxy) is 2.